The van der Waals surface area contributed by atoms with Crippen LogP contribution in [0.3, 0.4) is 0 Å². The summed E-state index contributed by atoms with van der Waals surface area (Å²) >= 11 is 2.62. The summed E-state index contributed by atoms with van der Waals surface area (Å²) in [5.74, 6) is 2.09. The Hall–Kier alpha value is 1.38. The van der Waals surface area contributed by atoms with Crippen molar-refractivity contribution >= 4 is 22.9 Å². The number of alkyl halides is 1. The van der Waals surface area contributed by atoms with Gasteiger partial charge in [0.25, 0.3) is 0 Å². The molecule has 2 rings (SSSR count). The monoisotopic (exact) mass is 407 g/mol. The standard InChI is InChI=1S/C9H17I2N2/c1-13(6-7-2-3-7)11-9-4-8(9)5-12-10/h7-9,12H,2-6H2,1H3/q-1. The van der Waals surface area contributed by atoms with Gasteiger partial charge in [0, 0.05) is 0 Å². The molecule has 2 aliphatic rings. The topological polar surface area (TPSA) is 15.3 Å². The molecular formula is C9H17I2N2-. The van der Waals surface area contributed by atoms with Gasteiger partial charge in [0.2, 0.25) is 0 Å². The fraction of sp³-hybridized carbons (Fsp3) is 1.00. The average molecular weight is 407 g/mol. The maximum absolute atomic E-state index is 3.26. The van der Waals surface area contributed by atoms with Gasteiger partial charge in [0.05, 0.1) is 0 Å². The van der Waals surface area contributed by atoms with Crippen LogP contribution in [0, 0.1) is 11.8 Å². The fourth-order valence-corrected chi connectivity index (χ4v) is 5.71. The van der Waals surface area contributed by atoms with Gasteiger partial charge >= 0.3 is 106 Å². The second-order valence-electron chi connectivity index (χ2n) is 4.18. The molecule has 13 heavy (non-hydrogen) atoms. The van der Waals surface area contributed by atoms with Crippen molar-refractivity contribution < 1.29 is 21.5 Å². The third-order valence-electron chi connectivity index (χ3n) is 2.67. The van der Waals surface area contributed by atoms with Gasteiger partial charge in [-0.25, -0.2) is 0 Å². The molecule has 2 saturated carbocycles. The summed E-state index contributed by atoms with van der Waals surface area (Å²) in [6.07, 6.45) is 4.49. The van der Waals surface area contributed by atoms with E-state index in [-0.39, 0.29) is 0 Å². The van der Waals surface area contributed by atoms with Crippen LogP contribution in [0.15, 0.2) is 0 Å². The first kappa shape index (κ1) is 10.9. The Morgan fingerprint density at radius 1 is 1.54 bits per heavy atom. The Labute approximate surface area is 105 Å². The Morgan fingerprint density at radius 3 is 2.92 bits per heavy atom. The van der Waals surface area contributed by atoms with Gasteiger partial charge in [-0.3, -0.25) is 0 Å². The Balaban J connectivity index is 1.56. The second-order valence-corrected chi connectivity index (χ2v) is 8.74. The van der Waals surface area contributed by atoms with Crippen LogP contribution < -0.4 is 25.0 Å². The molecule has 78 valence electrons. The number of nitrogens with one attached hydrogen (secondary N) is 1. The van der Waals surface area contributed by atoms with Crippen LogP contribution in [-0.2, 0) is 0 Å². The van der Waals surface area contributed by atoms with E-state index in [0.29, 0.717) is 21.5 Å². The predicted molar refractivity (Wildman–Crippen MR) is 59.3 cm³/mol. The van der Waals surface area contributed by atoms with Gasteiger partial charge < -0.3 is 0 Å². The number of rotatable bonds is 6. The van der Waals surface area contributed by atoms with E-state index in [1.807, 2.05) is 0 Å². The van der Waals surface area contributed by atoms with E-state index in [9.17, 15) is 0 Å². The van der Waals surface area contributed by atoms with Crippen LogP contribution in [0.5, 0.6) is 0 Å². The van der Waals surface area contributed by atoms with Crippen molar-refractivity contribution in [2.75, 3.05) is 20.1 Å². The predicted octanol–water partition coefficient (Wildman–Crippen LogP) is -1.34. The Kier molecular flexibility index (Phi) is 4.13. The molecule has 2 aliphatic carbocycles. The van der Waals surface area contributed by atoms with E-state index in [2.05, 4.69) is 36.6 Å². The summed E-state index contributed by atoms with van der Waals surface area (Å²) in [6.45, 7) is 2.64. The van der Waals surface area contributed by atoms with Crippen LogP contribution in [-0.4, -0.2) is 27.2 Å². The first-order valence-corrected chi connectivity index (χ1v) is 8.27. The molecule has 0 aliphatic heterocycles. The summed E-state index contributed by atoms with van der Waals surface area (Å²) in [5.41, 5.74) is 0. The minimum absolute atomic E-state index is 0.357. The molecule has 0 amide bonds. The SMILES string of the molecule is CN(CC1CC1)[I-]C1CC1CNI. The van der Waals surface area contributed by atoms with E-state index in [4.69, 9.17) is 0 Å². The van der Waals surface area contributed by atoms with Crippen molar-refractivity contribution in [1.29, 1.82) is 0 Å². The van der Waals surface area contributed by atoms with Crippen LogP contribution >= 0.6 is 22.9 Å². The molecule has 4 heteroatoms. The average Bonchev–Trinajstić information content (AvgIpc) is 2.92. The number of nitrogens with zero attached hydrogens (tertiary/aromatic N) is 1. The fourth-order valence-electron chi connectivity index (χ4n) is 1.55. The third kappa shape index (κ3) is 3.79. The second kappa shape index (κ2) is 4.94. The summed E-state index contributed by atoms with van der Waals surface area (Å²) in [4.78, 5) is 0. The van der Waals surface area contributed by atoms with Crippen molar-refractivity contribution in [2.24, 2.45) is 11.8 Å². The van der Waals surface area contributed by atoms with Crippen molar-refractivity contribution in [2.45, 2.75) is 23.2 Å². The van der Waals surface area contributed by atoms with Crippen molar-refractivity contribution in [3.8, 4) is 0 Å². The van der Waals surface area contributed by atoms with Crippen LogP contribution in [0.2, 0.25) is 0 Å². The van der Waals surface area contributed by atoms with E-state index >= 15 is 0 Å². The molecule has 0 aromatic carbocycles. The maximum atomic E-state index is 3.26. The Bertz CT molecular complexity index is 173. The zero-order chi connectivity index (χ0) is 9.26. The molecular weight excluding hydrogens is 390 g/mol. The molecule has 0 heterocycles. The molecule has 0 bridgehead atoms. The van der Waals surface area contributed by atoms with Crippen LogP contribution in [0.4, 0.5) is 0 Å². The van der Waals surface area contributed by atoms with Crippen molar-refractivity contribution in [3.05, 3.63) is 0 Å². The van der Waals surface area contributed by atoms with Gasteiger partial charge in [0.1, 0.15) is 0 Å². The Morgan fingerprint density at radius 2 is 2.31 bits per heavy atom. The van der Waals surface area contributed by atoms with E-state index in [1.165, 1.54) is 32.4 Å². The van der Waals surface area contributed by atoms with Gasteiger partial charge in [-0.05, 0) is 0 Å². The molecule has 0 radical (unpaired) electrons. The van der Waals surface area contributed by atoms with Crippen molar-refractivity contribution in [1.82, 2.24) is 6.64 Å². The zero-order valence-electron chi connectivity index (χ0n) is 7.97. The van der Waals surface area contributed by atoms with Gasteiger partial charge in [-0.15, -0.1) is 0 Å². The summed E-state index contributed by atoms with van der Waals surface area (Å²) in [6, 6.07) is 0. The van der Waals surface area contributed by atoms with Crippen LogP contribution in [0.1, 0.15) is 19.3 Å². The van der Waals surface area contributed by atoms with Crippen molar-refractivity contribution in [3.63, 3.8) is 0 Å². The third-order valence-corrected chi connectivity index (χ3v) is 6.70. The molecule has 2 unspecified atom stereocenters. The molecule has 2 atom stereocenters. The number of halogens is 2. The van der Waals surface area contributed by atoms with Crippen LogP contribution in [0.25, 0.3) is 0 Å². The van der Waals surface area contributed by atoms with E-state index in [1.54, 1.807) is 0 Å². The van der Waals surface area contributed by atoms with E-state index in [0.717, 1.165) is 15.8 Å². The first-order chi connectivity index (χ1) is 6.29. The number of hydrogen-bond acceptors (Lipinski definition) is 2. The summed E-state index contributed by atoms with van der Waals surface area (Å²) in [7, 11) is 2.33. The quantitative estimate of drug-likeness (QED) is 0.334. The first-order valence-electron chi connectivity index (χ1n) is 4.98. The molecule has 2 nitrogen and oxygen atoms in total. The molecule has 0 saturated heterocycles. The van der Waals surface area contributed by atoms with Gasteiger partial charge in [0.15, 0.2) is 0 Å². The molecule has 0 spiro atoms. The summed E-state index contributed by atoms with van der Waals surface area (Å²) < 4.78 is 7.00. The molecule has 2 fully saturated rings. The summed E-state index contributed by atoms with van der Waals surface area (Å²) in [5, 5.41) is 0. The molecule has 0 aromatic heterocycles. The van der Waals surface area contributed by atoms with E-state index < -0.39 is 0 Å². The zero-order valence-corrected chi connectivity index (χ0v) is 12.3. The molecule has 0 aromatic rings. The molecule has 1 N–H and O–H groups in total. The minimum atomic E-state index is 0.357. The number of hydrogen-bond donors (Lipinski definition) is 1. The van der Waals surface area contributed by atoms with Gasteiger partial charge in [-0.2, -0.15) is 0 Å². The van der Waals surface area contributed by atoms with Gasteiger partial charge in [-0.1, -0.05) is 0 Å². The normalized spacial score (nSPS) is 32.8.